The van der Waals surface area contributed by atoms with Gasteiger partial charge in [0.1, 0.15) is 0 Å². The molecule has 15 heavy (non-hydrogen) atoms. The first-order valence-corrected chi connectivity index (χ1v) is 9.45. The van der Waals surface area contributed by atoms with Crippen LogP contribution in [0.5, 0.6) is 0 Å². The van der Waals surface area contributed by atoms with Gasteiger partial charge in [-0.1, -0.05) is 50.0 Å². The van der Waals surface area contributed by atoms with Crippen LogP contribution >= 0.6 is 0 Å². The van der Waals surface area contributed by atoms with E-state index in [4.69, 9.17) is 0 Å². The average molecular weight is 227 g/mol. The largest absolute Gasteiger partial charge is 0.304 e. The van der Waals surface area contributed by atoms with Gasteiger partial charge in [0.25, 0.3) is 14.1 Å². The van der Waals surface area contributed by atoms with Crippen molar-refractivity contribution in [2.75, 3.05) is 19.6 Å². The third kappa shape index (κ3) is 8.32. The number of hydrogen-bond acceptors (Lipinski definition) is 1. The summed E-state index contributed by atoms with van der Waals surface area (Å²) in [5.41, 5.74) is 0. The number of piperidine rings is 1. The Morgan fingerprint density at radius 2 is 1.27 bits per heavy atom. The van der Waals surface area contributed by atoms with Gasteiger partial charge in [0, 0.05) is 0 Å². The van der Waals surface area contributed by atoms with Crippen LogP contribution in [0, 0.1) is 0 Å². The predicted molar refractivity (Wildman–Crippen MR) is 73.2 cm³/mol. The van der Waals surface area contributed by atoms with E-state index < -0.39 is 0 Å². The highest BCUT2D eigenvalue weighted by atomic mass is 27.2. The fourth-order valence-electron chi connectivity index (χ4n) is 2.14. The summed E-state index contributed by atoms with van der Waals surface area (Å²) in [6, 6.07) is 0. The van der Waals surface area contributed by atoms with Crippen LogP contribution in [0.15, 0.2) is 0 Å². The standard InChI is InChI=1S/C7H15N.3C2H5.Al/c1-2-8-6-4-3-5-7-8;3*1-2;/h2-7H2,1H3;3*1H2,2H3;. The molecule has 0 aromatic rings. The minimum atomic E-state index is -0.171. The minimum Gasteiger partial charge on any atom is -0.304 e. The molecule has 0 aliphatic carbocycles. The van der Waals surface area contributed by atoms with Crippen molar-refractivity contribution in [1.29, 1.82) is 0 Å². The van der Waals surface area contributed by atoms with Gasteiger partial charge in [0.2, 0.25) is 0 Å². The molecular formula is C13H30AlN. The Morgan fingerprint density at radius 1 is 0.800 bits per heavy atom. The number of likely N-dealkylation sites (tertiary alicyclic amines) is 1. The van der Waals surface area contributed by atoms with Gasteiger partial charge in [-0.25, -0.2) is 0 Å². The second kappa shape index (κ2) is 11.0. The van der Waals surface area contributed by atoms with Crippen LogP contribution in [-0.2, 0) is 0 Å². The SMILES string of the molecule is CCN1CCCCC1.C[CH2][Al]([CH2]C)[CH2]C. The first kappa shape index (κ1) is 15.5. The van der Waals surface area contributed by atoms with Crippen molar-refractivity contribution in [3.63, 3.8) is 0 Å². The van der Waals surface area contributed by atoms with Crippen LogP contribution in [0.25, 0.3) is 0 Å². The lowest BCUT2D eigenvalue weighted by Gasteiger charge is -2.24. The first-order chi connectivity index (χ1) is 7.28. The summed E-state index contributed by atoms with van der Waals surface area (Å²) in [4.78, 5) is 2.52. The molecule has 1 heterocycles. The molecule has 0 N–H and O–H groups in total. The van der Waals surface area contributed by atoms with Crippen molar-refractivity contribution in [2.45, 2.75) is 62.8 Å². The molecule has 0 saturated carbocycles. The van der Waals surface area contributed by atoms with E-state index in [9.17, 15) is 0 Å². The van der Waals surface area contributed by atoms with Gasteiger partial charge < -0.3 is 4.90 Å². The number of hydrogen-bond donors (Lipinski definition) is 0. The second-order valence-corrected chi connectivity index (χ2v) is 8.77. The molecule has 1 nitrogen and oxygen atoms in total. The maximum Gasteiger partial charge on any atom is 0.261 e. The van der Waals surface area contributed by atoms with Crippen LogP contribution in [0.3, 0.4) is 0 Å². The van der Waals surface area contributed by atoms with Gasteiger partial charge >= 0.3 is 0 Å². The zero-order chi connectivity index (χ0) is 11.5. The van der Waals surface area contributed by atoms with E-state index >= 15 is 0 Å². The van der Waals surface area contributed by atoms with E-state index in [1.165, 1.54) is 54.7 Å². The summed E-state index contributed by atoms with van der Waals surface area (Å²) >= 11 is -0.171. The molecule has 0 amide bonds. The van der Waals surface area contributed by atoms with Crippen molar-refractivity contribution < 1.29 is 0 Å². The highest BCUT2D eigenvalue weighted by molar-refractivity contribution is 6.58. The zero-order valence-electron chi connectivity index (χ0n) is 11.4. The second-order valence-electron chi connectivity index (χ2n) is 4.59. The van der Waals surface area contributed by atoms with Crippen molar-refractivity contribution in [1.82, 2.24) is 4.90 Å². The molecule has 0 unspecified atom stereocenters. The quantitative estimate of drug-likeness (QED) is 0.655. The Bertz CT molecular complexity index is 112. The van der Waals surface area contributed by atoms with Crippen molar-refractivity contribution in [2.24, 2.45) is 0 Å². The third-order valence-electron chi connectivity index (χ3n) is 3.63. The zero-order valence-corrected chi connectivity index (χ0v) is 12.5. The lowest BCUT2D eigenvalue weighted by molar-refractivity contribution is 0.240. The van der Waals surface area contributed by atoms with Gasteiger partial charge in [-0.15, -0.1) is 0 Å². The molecule has 1 aliphatic rings. The molecule has 90 valence electrons. The fourth-order valence-corrected chi connectivity index (χ4v) is 3.87. The summed E-state index contributed by atoms with van der Waals surface area (Å²) in [7, 11) is 0. The Hall–Kier alpha value is 0.492. The summed E-state index contributed by atoms with van der Waals surface area (Å²) in [6.07, 6.45) is 4.30. The molecule has 1 aliphatic heterocycles. The molecule has 2 heteroatoms. The smallest absolute Gasteiger partial charge is 0.261 e. The molecule has 0 atom stereocenters. The van der Waals surface area contributed by atoms with Crippen molar-refractivity contribution in [3.8, 4) is 0 Å². The van der Waals surface area contributed by atoms with Crippen molar-refractivity contribution in [3.05, 3.63) is 0 Å². The van der Waals surface area contributed by atoms with Gasteiger partial charge in [-0.2, -0.15) is 0 Å². The monoisotopic (exact) mass is 227 g/mol. The molecule has 0 spiro atoms. The lowest BCUT2D eigenvalue weighted by Crippen LogP contribution is -2.29. The normalized spacial score (nSPS) is 16.8. The average Bonchev–Trinajstić information content (AvgIpc) is 2.33. The first-order valence-electron chi connectivity index (χ1n) is 7.00. The van der Waals surface area contributed by atoms with E-state index in [2.05, 4.69) is 32.6 Å². The number of nitrogens with zero attached hydrogens (tertiary/aromatic N) is 1. The van der Waals surface area contributed by atoms with Gasteiger partial charge in [-0.3, -0.25) is 0 Å². The summed E-state index contributed by atoms with van der Waals surface area (Å²) < 4.78 is 0. The molecule has 0 bridgehead atoms. The molecular weight excluding hydrogens is 197 g/mol. The molecule has 1 saturated heterocycles. The van der Waals surface area contributed by atoms with Crippen LogP contribution < -0.4 is 0 Å². The Balaban J connectivity index is 0.000000265. The highest BCUT2D eigenvalue weighted by Gasteiger charge is 2.06. The molecule has 0 radical (unpaired) electrons. The molecule has 1 fully saturated rings. The van der Waals surface area contributed by atoms with E-state index in [0.29, 0.717) is 0 Å². The van der Waals surface area contributed by atoms with Crippen LogP contribution in [0.4, 0.5) is 0 Å². The predicted octanol–water partition coefficient (Wildman–Crippen LogP) is 4.03. The third-order valence-corrected chi connectivity index (χ3v) is 7.09. The number of rotatable bonds is 4. The van der Waals surface area contributed by atoms with Crippen molar-refractivity contribution >= 4 is 14.1 Å². The highest BCUT2D eigenvalue weighted by Crippen LogP contribution is 2.06. The topological polar surface area (TPSA) is 3.24 Å². The lowest BCUT2D eigenvalue weighted by atomic mass is 10.1. The molecule has 1 rings (SSSR count). The molecule has 0 aromatic heterocycles. The Kier molecular flexibility index (Phi) is 11.4. The Morgan fingerprint density at radius 3 is 1.47 bits per heavy atom. The van der Waals surface area contributed by atoms with E-state index in [0.717, 1.165) is 0 Å². The maximum absolute atomic E-state index is 2.52. The van der Waals surface area contributed by atoms with Crippen LogP contribution in [0.1, 0.15) is 47.0 Å². The summed E-state index contributed by atoms with van der Waals surface area (Å²) in [5.74, 6) is 0. The van der Waals surface area contributed by atoms with Gasteiger partial charge in [-0.05, 0) is 32.5 Å². The van der Waals surface area contributed by atoms with E-state index in [1.54, 1.807) is 0 Å². The summed E-state index contributed by atoms with van der Waals surface area (Å²) in [5, 5.41) is 4.48. The van der Waals surface area contributed by atoms with E-state index in [1.807, 2.05) is 0 Å². The van der Waals surface area contributed by atoms with Gasteiger partial charge in [0.15, 0.2) is 0 Å². The Labute approximate surface area is 102 Å². The summed E-state index contributed by atoms with van der Waals surface area (Å²) in [6.45, 7) is 13.1. The van der Waals surface area contributed by atoms with E-state index in [-0.39, 0.29) is 14.1 Å². The molecule has 0 aromatic carbocycles. The van der Waals surface area contributed by atoms with Crippen LogP contribution in [-0.4, -0.2) is 38.7 Å². The maximum atomic E-state index is 2.52. The minimum absolute atomic E-state index is 0.171. The fraction of sp³-hybridized carbons (Fsp3) is 1.00. The van der Waals surface area contributed by atoms with Gasteiger partial charge in [0.05, 0.1) is 0 Å². The van der Waals surface area contributed by atoms with Crippen LogP contribution in [0.2, 0.25) is 15.8 Å².